The maximum absolute atomic E-state index is 5.73. The third-order valence-corrected chi connectivity index (χ3v) is 5.82. The number of hydrogen-bond donors (Lipinski definition) is 2. The summed E-state index contributed by atoms with van der Waals surface area (Å²) in [5.41, 5.74) is 1.09. The van der Waals surface area contributed by atoms with E-state index in [0.717, 1.165) is 56.7 Å². The molecule has 2 N–H and O–H groups in total. The molecule has 0 radical (unpaired) electrons. The first-order valence-corrected chi connectivity index (χ1v) is 11.3. The molecule has 1 aliphatic heterocycles. The van der Waals surface area contributed by atoms with Crippen molar-refractivity contribution in [2.75, 3.05) is 46.0 Å². The van der Waals surface area contributed by atoms with E-state index in [0.29, 0.717) is 19.2 Å². The molecule has 1 unspecified atom stereocenters. The third kappa shape index (κ3) is 6.45. The minimum atomic E-state index is 0.318. The number of morpholine rings is 1. The molecule has 1 aromatic carbocycles. The quantitative estimate of drug-likeness (QED) is 0.485. The van der Waals surface area contributed by atoms with Crippen molar-refractivity contribution in [1.82, 2.24) is 15.5 Å². The minimum absolute atomic E-state index is 0.318. The van der Waals surface area contributed by atoms with Crippen LogP contribution in [0.4, 0.5) is 0 Å². The van der Waals surface area contributed by atoms with Crippen molar-refractivity contribution >= 4 is 17.3 Å². The van der Waals surface area contributed by atoms with Crippen LogP contribution in [0.25, 0.3) is 0 Å². The Morgan fingerprint density at radius 1 is 1.17 bits per heavy atom. The second-order valence-electron chi connectivity index (χ2n) is 6.80. The number of hydrogen-bond acceptors (Lipinski definition) is 5. The Bertz CT molecular complexity index is 745. The van der Waals surface area contributed by atoms with Crippen LogP contribution in [-0.2, 0) is 11.3 Å². The van der Waals surface area contributed by atoms with Gasteiger partial charge in [-0.3, -0.25) is 4.90 Å². The second kappa shape index (κ2) is 11.8. The van der Waals surface area contributed by atoms with E-state index in [9.17, 15) is 0 Å². The zero-order chi connectivity index (χ0) is 20.3. The molecule has 7 heteroatoms. The highest BCUT2D eigenvalue weighted by Gasteiger charge is 2.23. The lowest BCUT2D eigenvalue weighted by Crippen LogP contribution is -2.46. The largest absolute Gasteiger partial charge is 0.494 e. The highest BCUT2D eigenvalue weighted by molar-refractivity contribution is 7.10. The Morgan fingerprint density at radius 2 is 2.00 bits per heavy atom. The lowest BCUT2D eigenvalue weighted by molar-refractivity contribution is 0.0177. The van der Waals surface area contributed by atoms with Crippen molar-refractivity contribution in [3.8, 4) is 5.75 Å². The number of thiophene rings is 1. The molecule has 0 amide bonds. The fourth-order valence-corrected chi connectivity index (χ4v) is 4.27. The molecule has 0 spiro atoms. The first-order valence-electron chi connectivity index (χ1n) is 10.4. The summed E-state index contributed by atoms with van der Waals surface area (Å²) in [6, 6.07) is 12.7. The van der Waals surface area contributed by atoms with Crippen molar-refractivity contribution < 1.29 is 9.47 Å². The summed E-state index contributed by atoms with van der Waals surface area (Å²) >= 11 is 1.81. The SMILES string of the molecule is CCNC(=NCc1ccccc1OCC)NCC(c1cccs1)N1CCOCC1. The third-order valence-electron chi connectivity index (χ3n) is 4.85. The molecule has 1 aliphatic rings. The van der Waals surface area contributed by atoms with Crippen LogP contribution in [0.5, 0.6) is 5.75 Å². The molecule has 0 aliphatic carbocycles. The van der Waals surface area contributed by atoms with E-state index in [2.05, 4.69) is 46.0 Å². The number of guanidine groups is 1. The predicted molar refractivity (Wildman–Crippen MR) is 120 cm³/mol. The van der Waals surface area contributed by atoms with E-state index < -0.39 is 0 Å². The molecule has 1 fully saturated rings. The van der Waals surface area contributed by atoms with Crippen molar-refractivity contribution in [2.24, 2.45) is 4.99 Å². The molecule has 158 valence electrons. The van der Waals surface area contributed by atoms with Gasteiger partial charge in [-0.15, -0.1) is 11.3 Å². The highest BCUT2D eigenvalue weighted by Crippen LogP contribution is 2.25. The van der Waals surface area contributed by atoms with Gasteiger partial charge >= 0.3 is 0 Å². The molecule has 1 aromatic heterocycles. The average Bonchev–Trinajstić information content (AvgIpc) is 3.28. The maximum atomic E-state index is 5.73. The monoisotopic (exact) mass is 416 g/mol. The van der Waals surface area contributed by atoms with Crippen molar-refractivity contribution in [3.63, 3.8) is 0 Å². The first kappa shape index (κ1) is 21.6. The maximum Gasteiger partial charge on any atom is 0.191 e. The van der Waals surface area contributed by atoms with Gasteiger partial charge in [-0.2, -0.15) is 0 Å². The molecule has 0 saturated carbocycles. The summed E-state index contributed by atoms with van der Waals surface area (Å²) in [7, 11) is 0. The number of nitrogens with zero attached hydrogens (tertiary/aromatic N) is 2. The van der Waals surface area contributed by atoms with Gasteiger partial charge in [0.05, 0.1) is 32.4 Å². The summed E-state index contributed by atoms with van der Waals surface area (Å²) in [4.78, 5) is 8.67. The standard InChI is InChI=1S/C22H32N4O2S/c1-3-23-22(24-16-18-8-5-6-9-20(18)28-4-2)25-17-19(21-10-7-15-29-21)26-11-13-27-14-12-26/h5-10,15,19H,3-4,11-14,16-17H2,1-2H3,(H2,23,24,25). The van der Waals surface area contributed by atoms with Gasteiger partial charge in [0.2, 0.25) is 0 Å². The number of rotatable bonds is 9. The van der Waals surface area contributed by atoms with E-state index in [1.807, 2.05) is 36.5 Å². The Hall–Kier alpha value is -2.09. The second-order valence-corrected chi connectivity index (χ2v) is 7.78. The molecule has 1 saturated heterocycles. The molecule has 3 rings (SSSR count). The number of para-hydroxylation sites is 1. The van der Waals surface area contributed by atoms with Gasteiger partial charge in [0.1, 0.15) is 5.75 Å². The topological polar surface area (TPSA) is 58.1 Å². The number of nitrogens with one attached hydrogen (secondary N) is 2. The zero-order valence-electron chi connectivity index (χ0n) is 17.4. The van der Waals surface area contributed by atoms with Crippen LogP contribution in [-0.4, -0.2) is 56.9 Å². The van der Waals surface area contributed by atoms with Crippen LogP contribution in [0.15, 0.2) is 46.8 Å². The fourth-order valence-electron chi connectivity index (χ4n) is 3.41. The summed E-state index contributed by atoms with van der Waals surface area (Å²) < 4.78 is 11.3. The fraction of sp³-hybridized carbons (Fsp3) is 0.500. The van der Waals surface area contributed by atoms with Crippen molar-refractivity contribution in [2.45, 2.75) is 26.4 Å². The van der Waals surface area contributed by atoms with Crippen LogP contribution in [0.1, 0.15) is 30.3 Å². The van der Waals surface area contributed by atoms with E-state index in [1.54, 1.807) is 0 Å². The summed E-state index contributed by atoms with van der Waals surface area (Å²) in [5.74, 6) is 1.73. The molecular weight excluding hydrogens is 384 g/mol. The molecule has 2 aromatic rings. The average molecular weight is 417 g/mol. The lowest BCUT2D eigenvalue weighted by Gasteiger charge is -2.34. The first-order chi connectivity index (χ1) is 14.3. The van der Waals surface area contributed by atoms with Crippen LogP contribution in [0, 0.1) is 0 Å². The number of ether oxygens (including phenoxy) is 2. The number of benzene rings is 1. The smallest absolute Gasteiger partial charge is 0.191 e. The summed E-state index contributed by atoms with van der Waals surface area (Å²) in [6.45, 7) is 10.5. The Labute approximate surface area is 177 Å². The van der Waals surface area contributed by atoms with Crippen LogP contribution >= 0.6 is 11.3 Å². The molecule has 1 atom stereocenters. The Kier molecular flexibility index (Phi) is 8.80. The zero-order valence-corrected chi connectivity index (χ0v) is 18.2. The highest BCUT2D eigenvalue weighted by atomic mass is 32.1. The molecule has 29 heavy (non-hydrogen) atoms. The molecular formula is C22H32N4O2S. The van der Waals surface area contributed by atoms with Crippen LogP contribution in [0.3, 0.4) is 0 Å². The normalized spacial score (nSPS) is 16.4. The van der Waals surface area contributed by atoms with Gasteiger partial charge in [-0.25, -0.2) is 4.99 Å². The van der Waals surface area contributed by atoms with E-state index in [1.165, 1.54) is 4.88 Å². The summed E-state index contributed by atoms with van der Waals surface area (Å²) in [6.07, 6.45) is 0. The van der Waals surface area contributed by atoms with Gasteiger partial charge in [0.25, 0.3) is 0 Å². The number of aliphatic imine (C=N–C) groups is 1. The minimum Gasteiger partial charge on any atom is -0.494 e. The summed E-state index contributed by atoms with van der Waals surface area (Å²) in [5, 5.41) is 9.06. The van der Waals surface area contributed by atoms with Gasteiger partial charge in [0, 0.05) is 36.6 Å². The van der Waals surface area contributed by atoms with Gasteiger partial charge in [-0.1, -0.05) is 24.3 Å². The van der Waals surface area contributed by atoms with E-state index in [-0.39, 0.29) is 0 Å². The van der Waals surface area contributed by atoms with Crippen LogP contribution < -0.4 is 15.4 Å². The van der Waals surface area contributed by atoms with Gasteiger partial charge in [0.15, 0.2) is 5.96 Å². The van der Waals surface area contributed by atoms with Crippen molar-refractivity contribution in [3.05, 3.63) is 52.2 Å². The van der Waals surface area contributed by atoms with Crippen molar-refractivity contribution in [1.29, 1.82) is 0 Å². The molecule has 6 nitrogen and oxygen atoms in total. The lowest BCUT2D eigenvalue weighted by atomic mass is 10.2. The predicted octanol–water partition coefficient (Wildman–Crippen LogP) is 3.28. The van der Waals surface area contributed by atoms with Gasteiger partial charge in [-0.05, 0) is 31.4 Å². The van der Waals surface area contributed by atoms with E-state index >= 15 is 0 Å². The van der Waals surface area contributed by atoms with Crippen LogP contribution in [0.2, 0.25) is 0 Å². The molecule has 2 heterocycles. The Morgan fingerprint density at radius 3 is 2.72 bits per heavy atom. The van der Waals surface area contributed by atoms with E-state index in [4.69, 9.17) is 14.5 Å². The van der Waals surface area contributed by atoms with Gasteiger partial charge < -0.3 is 20.1 Å². The molecule has 0 bridgehead atoms. The Balaban J connectivity index is 1.67.